The van der Waals surface area contributed by atoms with Crippen molar-refractivity contribution in [2.24, 2.45) is 5.92 Å². The lowest BCUT2D eigenvalue weighted by Crippen LogP contribution is -2.41. The molecule has 3 aliphatic rings. The summed E-state index contributed by atoms with van der Waals surface area (Å²) in [6.45, 7) is 4.00. The summed E-state index contributed by atoms with van der Waals surface area (Å²) in [5.74, 6) is 0.976. The van der Waals surface area contributed by atoms with E-state index in [1.807, 2.05) is 0 Å². The van der Waals surface area contributed by atoms with Crippen molar-refractivity contribution in [3.63, 3.8) is 0 Å². The average molecular weight is 194 g/mol. The maximum Gasteiger partial charge on any atom is 0.0235 e. The highest BCUT2D eigenvalue weighted by atomic mass is 15.2. The van der Waals surface area contributed by atoms with Crippen LogP contribution in [0.3, 0.4) is 0 Å². The number of nitrogens with zero attached hydrogens (tertiary/aromatic N) is 1. The summed E-state index contributed by atoms with van der Waals surface area (Å²) in [7, 11) is 0. The largest absolute Gasteiger partial charge is 0.312 e. The van der Waals surface area contributed by atoms with Crippen molar-refractivity contribution in [2.45, 2.75) is 50.6 Å². The third kappa shape index (κ3) is 1.59. The first-order valence-electron chi connectivity index (χ1n) is 6.41. The van der Waals surface area contributed by atoms with Crippen LogP contribution in [0, 0.1) is 5.92 Å². The first-order chi connectivity index (χ1) is 6.93. The second kappa shape index (κ2) is 3.82. The van der Waals surface area contributed by atoms with Crippen molar-refractivity contribution in [3.8, 4) is 0 Å². The van der Waals surface area contributed by atoms with Gasteiger partial charge in [0, 0.05) is 25.2 Å². The summed E-state index contributed by atoms with van der Waals surface area (Å²) >= 11 is 0. The fraction of sp³-hybridized carbons (Fsp3) is 1.00. The molecule has 2 heterocycles. The van der Waals surface area contributed by atoms with Crippen LogP contribution in [0.25, 0.3) is 0 Å². The summed E-state index contributed by atoms with van der Waals surface area (Å²) in [6.07, 6.45) is 8.77. The molecule has 0 radical (unpaired) electrons. The Labute approximate surface area is 87.0 Å². The van der Waals surface area contributed by atoms with Crippen LogP contribution in [0.2, 0.25) is 0 Å². The molecule has 1 aliphatic carbocycles. The first kappa shape index (κ1) is 9.17. The Morgan fingerprint density at radius 1 is 0.929 bits per heavy atom. The van der Waals surface area contributed by atoms with Gasteiger partial charge in [0.05, 0.1) is 0 Å². The molecular formula is C12H22N2. The van der Waals surface area contributed by atoms with Gasteiger partial charge in [-0.2, -0.15) is 0 Å². The number of hydrogen-bond donors (Lipinski definition) is 1. The van der Waals surface area contributed by atoms with E-state index in [0.29, 0.717) is 0 Å². The van der Waals surface area contributed by atoms with E-state index in [4.69, 9.17) is 0 Å². The number of fused-ring (bicyclic) bond motifs is 1. The average Bonchev–Trinajstić information content (AvgIpc) is 2.86. The van der Waals surface area contributed by atoms with Crippen LogP contribution in [-0.4, -0.2) is 36.6 Å². The molecule has 2 saturated heterocycles. The van der Waals surface area contributed by atoms with E-state index >= 15 is 0 Å². The summed E-state index contributed by atoms with van der Waals surface area (Å²) in [5, 5.41) is 3.69. The molecule has 3 rings (SSSR count). The molecule has 1 N–H and O–H groups in total. The maximum absolute atomic E-state index is 3.69. The predicted molar refractivity (Wildman–Crippen MR) is 58.3 cm³/mol. The Morgan fingerprint density at radius 2 is 1.79 bits per heavy atom. The van der Waals surface area contributed by atoms with E-state index in [9.17, 15) is 0 Å². The molecule has 3 fully saturated rings. The van der Waals surface area contributed by atoms with Gasteiger partial charge in [0.15, 0.2) is 0 Å². The lowest BCUT2D eigenvalue weighted by Gasteiger charge is -2.25. The lowest BCUT2D eigenvalue weighted by atomic mass is 9.94. The minimum Gasteiger partial charge on any atom is -0.312 e. The van der Waals surface area contributed by atoms with E-state index in [-0.39, 0.29) is 0 Å². The highest BCUT2D eigenvalue weighted by molar-refractivity contribution is 4.94. The number of piperidine rings is 1. The smallest absolute Gasteiger partial charge is 0.0235 e. The van der Waals surface area contributed by atoms with Gasteiger partial charge in [-0.25, -0.2) is 0 Å². The van der Waals surface area contributed by atoms with Gasteiger partial charge >= 0.3 is 0 Å². The molecule has 2 heteroatoms. The Morgan fingerprint density at radius 3 is 2.57 bits per heavy atom. The fourth-order valence-electron chi connectivity index (χ4n) is 3.65. The quantitative estimate of drug-likeness (QED) is 0.682. The van der Waals surface area contributed by atoms with E-state index < -0.39 is 0 Å². The molecule has 0 amide bonds. The summed E-state index contributed by atoms with van der Waals surface area (Å²) in [4.78, 5) is 2.78. The zero-order valence-electron chi connectivity index (χ0n) is 9.04. The zero-order valence-corrected chi connectivity index (χ0v) is 9.04. The normalized spacial score (nSPS) is 40.3. The molecule has 0 aromatic heterocycles. The predicted octanol–water partition coefficient (Wildman–Crippen LogP) is 1.61. The molecule has 2 atom stereocenters. The van der Waals surface area contributed by atoms with Gasteiger partial charge in [0.1, 0.15) is 0 Å². The second-order valence-electron chi connectivity index (χ2n) is 5.36. The minimum atomic E-state index is 0.837. The van der Waals surface area contributed by atoms with Gasteiger partial charge in [-0.1, -0.05) is 12.8 Å². The third-order valence-corrected chi connectivity index (χ3v) is 4.47. The monoisotopic (exact) mass is 194 g/mol. The van der Waals surface area contributed by atoms with E-state index in [1.54, 1.807) is 0 Å². The summed E-state index contributed by atoms with van der Waals surface area (Å²) < 4.78 is 0. The van der Waals surface area contributed by atoms with Crippen LogP contribution in [0.5, 0.6) is 0 Å². The van der Waals surface area contributed by atoms with Gasteiger partial charge < -0.3 is 5.32 Å². The molecule has 2 nitrogen and oxygen atoms in total. The van der Waals surface area contributed by atoms with Crippen molar-refractivity contribution < 1.29 is 0 Å². The number of likely N-dealkylation sites (tertiary alicyclic amines) is 1. The van der Waals surface area contributed by atoms with Crippen LogP contribution in [0.4, 0.5) is 0 Å². The van der Waals surface area contributed by atoms with Crippen molar-refractivity contribution >= 4 is 0 Å². The molecule has 1 saturated carbocycles. The van der Waals surface area contributed by atoms with Gasteiger partial charge in [0.2, 0.25) is 0 Å². The zero-order chi connectivity index (χ0) is 9.38. The van der Waals surface area contributed by atoms with Crippen molar-refractivity contribution in [1.82, 2.24) is 10.2 Å². The molecule has 80 valence electrons. The Balaban J connectivity index is 1.61. The second-order valence-corrected chi connectivity index (χ2v) is 5.36. The standard InChI is InChI=1S/C12H22N2/c1-2-6-11(5-1)14-8-10-4-3-7-13-12(10)9-14/h10-13H,1-9H2. The highest BCUT2D eigenvalue weighted by Crippen LogP contribution is 2.31. The van der Waals surface area contributed by atoms with Crippen molar-refractivity contribution in [3.05, 3.63) is 0 Å². The summed E-state index contributed by atoms with van der Waals surface area (Å²) in [6, 6.07) is 1.78. The van der Waals surface area contributed by atoms with Gasteiger partial charge in [0.25, 0.3) is 0 Å². The molecule has 14 heavy (non-hydrogen) atoms. The van der Waals surface area contributed by atoms with Crippen LogP contribution in [0.15, 0.2) is 0 Å². The molecule has 0 spiro atoms. The lowest BCUT2D eigenvalue weighted by molar-refractivity contribution is 0.235. The Hall–Kier alpha value is -0.0800. The van der Waals surface area contributed by atoms with Crippen LogP contribution >= 0.6 is 0 Å². The third-order valence-electron chi connectivity index (χ3n) is 4.47. The number of nitrogens with one attached hydrogen (secondary N) is 1. The van der Waals surface area contributed by atoms with Crippen LogP contribution < -0.4 is 5.32 Å². The summed E-state index contributed by atoms with van der Waals surface area (Å²) in [5.41, 5.74) is 0. The van der Waals surface area contributed by atoms with Gasteiger partial charge in [-0.05, 0) is 38.1 Å². The Bertz CT molecular complexity index is 184. The van der Waals surface area contributed by atoms with Crippen LogP contribution in [-0.2, 0) is 0 Å². The first-order valence-corrected chi connectivity index (χ1v) is 6.41. The molecule has 0 bridgehead atoms. The molecule has 2 aliphatic heterocycles. The molecule has 2 unspecified atom stereocenters. The highest BCUT2D eigenvalue weighted by Gasteiger charge is 2.37. The molecule has 0 aromatic carbocycles. The van der Waals surface area contributed by atoms with Crippen molar-refractivity contribution in [1.29, 1.82) is 0 Å². The van der Waals surface area contributed by atoms with Gasteiger partial charge in [-0.15, -0.1) is 0 Å². The maximum atomic E-state index is 3.69. The topological polar surface area (TPSA) is 15.3 Å². The molecular weight excluding hydrogens is 172 g/mol. The minimum absolute atomic E-state index is 0.837. The number of rotatable bonds is 1. The number of hydrogen-bond acceptors (Lipinski definition) is 2. The van der Waals surface area contributed by atoms with Crippen LogP contribution in [0.1, 0.15) is 38.5 Å². The van der Waals surface area contributed by atoms with Crippen molar-refractivity contribution in [2.75, 3.05) is 19.6 Å². The van der Waals surface area contributed by atoms with Gasteiger partial charge in [-0.3, -0.25) is 4.90 Å². The van der Waals surface area contributed by atoms with E-state index in [2.05, 4.69) is 10.2 Å². The van der Waals surface area contributed by atoms with E-state index in [0.717, 1.165) is 18.0 Å². The SMILES string of the molecule is C1CNC2CN(C3CCCC3)CC2C1. The fourth-order valence-corrected chi connectivity index (χ4v) is 3.65. The molecule has 0 aromatic rings. The Kier molecular flexibility index (Phi) is 2.50. The van der Waals surface area contributed by atoms with E-state index in [1.165, 1.54) is 58.2 Å².